The number of benzene rings is 1. The molecule has 0 bridgehead atoms. The maximum absolute atomic E-state index is 13.5. The number of halogens is 2. The highest BCUT2D eigenvalue weighted by atomic mass is 79.9. The normalized spacial score (nSPS) is 16.2. The monoisotopic (exact) mass is 394 g/mol. The molecule has 1 aromatic rings. The van der Waals surface area contributed by atoms with Gasteiger partial charge in [-0.2, -0.15) is 5.26 Å². The number of hydrogen-bond acceptors (Lipinski definition) is 4. The van der Waals surface area contributed by atoms with Gasteiger partial charge in [0.1, 0.15) is 11.4 Å². The lowest BCUT2D eigenvalue weighted by atomic mass is 9.98. The molecular formula is C17H16BrFN2O3. The molecule has 1 aromatic carbocycles. The van der Waals surface area contributed by atoms with E-state index in [0.717, 1.165) is 18.9 Å². The molecule has 1 aliphatic rings. The van der Waals surface area contributed by atoms with E-state index in [4.69, 9.17) is 10.00 Å². The predicted molar refractivity (Wildman–Crippen MR) is 89.0 cm³/mol. The zero-order valence-electron chi connectivity index (χ0n) is 13.0. The molecule has 1 saturated carbocycles. The second-order valence-corrected chi connectivity index (χ2v) is 6.66. The van der Waals surface area contributed by atoms with Crippen LogP contribution >= 0.6 is 15.9 Å². The Hall–Kier alpha value is -2.20. The number of ether oxygens (including phenoxy) is 1. The Morgan fingerprint density at radius 3 is 2.88 bits per heavy atom. The average Bonchev–Trinajstić information content (AvgIpc) is 3.39. The summed E-state index contributed by atoms with van der Waals surface area (Å²) in [6.45, 7) is 1.16. The minimum absolute atomic E-state index is 0.140. The van der Waals surface area contributed by atoms with Gasteiger partial charge in [0.2, 0.25) is 0 Å². The molecule has 0 heterocycles. The standard InChI is InChI=1S/C17H16BrFN2O3/c1-17(10-20,12-3-4-12)21-15(22)9-24-16(23)7-2-11-8-13(18)5-6-14(11)19/h2,5-8,12H,3-4,9H2,1H3,(H,21,22)/b7-2+. The van der Waals surface area contributed by atoms with Crippen molar-refractivity contribution in [3.63, 3.8) is 0 Å². The van der Waals surface area contributed by atoms with Gasteiger partial charge >= 0.3 is 5.97 Å². The first-order valence-electron chi connectivity index (χ1n) is 7.36. The third kappa shape index (κ3) is 4.90. The number of carbonyl (C=O) groups excluding carboxylic acids is 2. The average molecular weight is 395 g/mol. The molecule has 2 rings (SSSR count). The number of nitrogens with zero attached hydrogens (tertiary/aromatic N) is 1. The molecule has 1 unspecified atom stereocenters. The van der Waals surface area contributed by atoms with Crippen molar-refractivity contribution in [2.45, 2.75) is 25.3 Å². The number of esters is 1. The molecule has 0 saturated heterocycles. The summed E-state index contributed by atoms with van der Waals surface area (Å²) in [4.78, 5) is 23.4. The van der Waals surface area contributed by atoms with Crippen molar-refractivity contribution in [2.75, 3.05) is 6.61 Å². The van der Waals surface area contributed by atoms with Crippen molar-refractivity contribution in [2.24, 2.45) is 5.92 Å². The van der Waals surface area contributed by atoms with Gasteiger partial charge < -0.3 is 10.1 Å². The van der Waals surface area contributed by atoms with Crippen molar-refractivity contribution < 1.29 is 18.7 Å². The van der Waals surface area contributed by atoms with Crippen molar-refractivity contribution in [3.05, 3.63) is 40.1 Å². The number of nitriles is 1. The van der Waals surface area contributed by atoms with Crippen LogP contribution in [-0.4, -0.2) is 24.0 Å². The maximum Gasteiger partial charge on any atom is 0.331 e. The molecule has 1 atom stereocenters. The van der Waals surface area contributed by atoms with E-state index >= 15 is 0 Å². The van der Waals surface area contributed by atoms with E-state index in [1.165, 1.54) is 18.2 Å². The summed E-state index contributed by atoms with van der Waals surface area (Å²) in [5.74, 6) is -1.65. The van der Waals surface area contributed by atoms with Gasteiger partial charge in [0.25, 0.3) is 5.91 Å². The second-order valence-electron chi connectivity index (χ2n) is 5.74. The Morgan fingerprint density at radius 2 is 2.25 bits per heavy atom. The fraction of sp³-hybridized carbons (Fsp3) is 0.353. The van der Waals surface area contributed by atoms with Crippen LogP contribution in [0.5, 0.6) is 0 Å². The van der Waals surface area contributed by atoms with Gasteiger partial charge in [-0.1, -0.05) is 15.9 Å². The van der Waals surface area contributed by atoms with Crippen LogP contribution in [0.25, 0.3) is 6.08 Å². The number of nitrogens with one attached hydrogen (secondary N) is 1. The highest BCUT2D eigenvalue weighted by molar-refractivity contribution is 9.10. The van der Waals surface area contributed by atoms with Crippen LogP contribution in [0.1, 0.15) is 25.3 Å². The zero-order chi connectivity index (χ0) is 17.7. The van der Waals surface area contributed by atoms with E-state index in [-0.39, 0.29) is 11.5 Å². The molecule has 0 spiro atoms. The first-order chi connectivity index (χ1) is 11.3. The summed E-state index contributed by atoms with van der Waals surface area (Å²) in [5.41, 5.74) is -0.713. The molecule has 5 nitrogen and oxygen atoms in total. The van der Waals surface area contributed by atoms with Crippen LogP contribution in [0, 0.1) is 23.1 Å². The Morgan fingerprint density at radius 1 is 1.54 bits per heavy atom. The first-order valence-corrected chi connectivity index (χ1v) is 8.15. The zero-order valence-corrected chi connectivity index (χ0v) is 14.6. The molecule has 1 fully saturated rings. The SMILES string of the molecule is CC(C#N)(NC(=O)COC(=O)/C=C/c1cc(Br)ccc1F)C1CC1. The lowest BCUT2D eigenvalue weighted by Crippen LogP contribution is -2.48. The Bertz CT molecular complexity index is 725. The third-order valence-corrected chi connectivity index (χ3v) is 4.22. The van der Waals surface area contributed by atoms with E-state index in [2.05, 4.69) is 27.3 Å². The summed E-state index contributed by atoms with van der Waals surface area (Å²) < 4.78 is 19.0. The highest BCUT2D eigenvalue weighted by Crippen LogP contribution is 2.39. The maximum atomic E-state index is 13.5. The second kappa shape index (κ2) is 7.58. The summed E-state index contributed by atoms with van der Waals surface area (Å²) in [6.07, 6.45) is 4.10. The topological polar surface area (TPSA) is 79.2 Å². The first kappa shape index (κ1) is 18.1. The van der Waals surface area contributed by atoms with Gasteiger partial charge in [0.05, 0.1) is 6.07 Å². The van der Waals surface area contributed by atoms with Crippen LogP contribution in [0.3, 0.4) is 0 Å². The summed E-state index contributed by atoms with van der Waals surface area (Å²) in [6, 6.07) is 6.41. The fourth-order valence-corrected chi connectivity index (χ4v) is 2.57. The molecular weight excluding hydrogens is 379 g/mol. The molecule has 0 radical (unpaired) electrons. The van der Waals surface area contributed by atoms with E-state index in [1.54, 1.807) is 13.0 Å². The van der Waals surface area contributed by atoms with Crippen LogP contribution in [0.4, 0.5) is 4.39 Å². The largest absolute Gasteiger partial charge is 0.452 e. The van der Waals surface area contributed by atoms with Gasteiger partial charge in [-0.3, -0.25) is 4.79 Å². The summed E-state index contributed by atoms with van der Waals surface area (Å²) in [5, 5.41) is 11.7. The Labute approximate surface area is 147 Å². The molecule has 24 heavy (non-hydrogen) atoms. The highest BCUT2D eigenvalue weighted by Gasteiger charge is 2.43. The van der Waals surface area contributed by atoms with Crippen LogP contribution in [-0.2, 0) is 14.3 Å². The lowest BCUT2D eigenvalue weighted by molar-refractivity contribution is -0.144. The minimum atomic E-state index is -0.932. The molecule has 1 aliphatic carbocycles. The molecule has 1 N–H and O–H groups in total. The predicted octanol–water partition coefficient (Wildman–Crippen LogP) is 2.95. The smallest absolute Gasteiger partial charge is 0.331 e. The number of amides is 1. The molecule has 0 aliphatic heterocycles. The molecule has 126 valence electrons. The van der Waals surface area contributed by atoms with Crippen molar-refractivity contribution in [3.8, 4) is 6.07 Å². The number of hydrogen-bond donors (Lipinski definition) is 1. The van der Waals surface area contributed by atoms with Crippen molar-refractivity contribution in [1.29, 1.82) is 5.26 Å². The molecule has 0 aromatic heterocycles. The van der Waals surface area contributed by atoms with E-state index in [9.17, 15) is 14.0 Å². The molecule has 7 heteroatoms. The third-order valence-electron chi connectivity index (χ3n) is 3.73. The van der Waals surface area contributed by atoms with Crippen LogP contribution in [0.2, 0.25) is 0 Å². The quantitative estimate of drug-likeness (QED) is 0.594. The fourth-order valence-electron chi connectivity index (χ4n) is 2.19. The minimum Gasteiger partial charge on any atom is -0.452 e. The Balaban J connectivity index is 1.84. The van der Waals surface area contributed by atoms with Gasteiger partial charge in [-0.05, 0) is 50.0 Å². The van der Waals surface area contributed by atoms with Gasteiger partial charge in [-0.25, -0.2) is 9.18 Å². The van der Waals surface area contributed by atoms with Gasteiger partial charge in [-0.15, -0.1) is 0 Å². The lowest BCUT2D eigenvalue weighted by Gasteiger charge is -2.22. The van der Waals surface area contributed by atoms with Gasteiger partial charge in [0, 0.05) is 16.1 Å². The van der Waals surface area contributed by atoms with Crippen molar-refractivity contribution in [1.82, 2.24) is 5.32 Å². The number of rotatable bonds is 6. The van der Waals surface area contributed by atoms with Crippen LogP contribution in [0.15, 0.2) is 28.7 Å². The van der Waals surface area contributed by atoms with E-state index < -0.39 is 29.8 Å². The van der Waals surface area contributed by atoms with E-state index in [0.29, 0.717) is 4.47 Å². The van der Waals surface area contributed by atoms with Crippen molar-refractivity contribution >= 4 is 33.9 Å². The van der Waals surface area contributed by atoms with E-state index in [1.807, 2.05) is 0 Å². The van der Waals surface area contributed by atoms with Crippen LogP contribution < -0.4 is 5.32 Å². The Kier molecular flexibility index (Phi) is 5.73. The molecule has 1 amide bonds. The summed E-state index contributed by atoms with van der Waals surface area (Å²) in [7, 11) is 0. The van der Waals surface area contributed by atoms with Gasteiger partial charge in [0.15, 0.2) is 6.61 Å². The number of carbonyl (C=O) groups is 2. The summed E-state index contributed by atoms with van der Waals surface area (Å²) >= 11 is 3.21.